The second-order valence-electron chi connectivity index (χ2n) is 9.23. The zero-order chi connectivity index (χ0) is 21.9. The summed E-state index contributed by atoms with van der Waals surface area (Å²) in [6.45, 7) is 5.97. The average Bonchev–Trinajstić information content (AvgIpc) is 2.80. The van der Waals surface area contributed by atoms with Gasteiger partial charge in [-0.15, -0.1) is 0 Å². The van der Waals surface area contributed by atoms with Crippen LogP contribution in [0.4, 0.5) is 0 Å². The Hall–Kier alpha value is -2.37. The van der Waals surface area contributed by atoms with Crippen molar-refractivity contribution in [2.45, 2.75) is 58.0 Å². The van der Waals surface area contributed by atoms with Gasteiger partial charge in [0.05, 0.1) is 12.1 Å². The summed E-state index contributed by atoms with van der Waals surface area (Å²) in [6, 6.07) is 16.5. The summed E-state index contributed by atoms with van der Waals surface area (Å²) >= 11 is 6.08. The number of hydrogen-bond donors (Lipinski definition) is 2. The molecule has 6 heteroatoms. The fourth-order valence-corrected chi connectivity index (χ4v) is 4.09. The number of amides is 2. The monoisotopic (exact) mass is 427 g/mol. The molecule has 160 valence electrons. The Balaban J connectivity index is 1.97. The summed E-state index contributed by atoms with van der Waals surface area (Å²) in [7, 11) is 0. The zero-order valence-electron chi connectivity index (χ0n) is 17.8. The van der Waals surface area contributed by atoms with Crippen LogP contribution in [0, 0.1) is 5.41 Å². The molecule has 0 radical (unpaired) electrons. The van der Waals surface area contributed by atoms with E-state index >= 15 is 0 Å². The van der Waals surface area contributed by atoms with Gasteiger partial charge in [-0.05, 0) is 47.4 Å². The number of benzene rings is 2. The van der Waals surface area contributed by atoms with Gasteiger partial charge in [-0.3, -0.25) is 15.0 Å². The SMILES string of the molecule is CC(C)(C)CC(=O)NN1C(=O)[C@H](N)C[C@H](c2ccccc2)CC1c1ccc(Cl)cc1. The van der Waals surface area contributed by atoms with Gasteiger partial charge in [-0.2, -0.15) is 0 Å². The number of nitrogens with two attached hydrogens (primary N) is 1. The predicted molar refractivity (Wildman–Crippen MR) is 120 cm³/mol. The van der Waals surface area contributed by atoms with Crippen molar-refractivity contribution in [3.05, 3.63) is 70.7 Å². The van der Waals surface area contributed by atoms with Crippen LogP contribution in [0.1, 0.15) is 63.1 Å². The van der Waals surface area contributed by atoms with E-state index in [0.717, 1.165) is 11.1 Å². The van der Waals surface area contributed by atoms with E-state index in [1.807, 2.05) is 51.1 Å². The maximum Gasteiger partial charge on any atom is 0.258 e. The Kier molecular flexibility index (Phi) is 6.84. The predicted octanol–water partition coefficient (Wildman–Crippen LogP) is 4.58. The Bertz CT molecular complexity index is 878. The molecule has 30 heavy (non-hydrogen) atoms. The maximum absolute atomic E-state index is 13.2. The molecule has 0 spiro atoms. The molecular weight excluding hydrogens is 398 g/mol. The van der Waals surface area contributed by atoms with Gasteiger partial charge in [0.2, 0.25) is 5.91 Å². The second-order valence-corrected chi connectivity index (χ2v) is 9.67. The molecule has 1 aliphatic rings. The highest BCUT2D eigenvalue weighted by Gasteiger charge is 2.38. The lowest BCUT2D eigenvalue weighted by Gasteiger charge is -2.33. The van der Waals surface area contributed by atoms with Crippen molar-refractivity contribution < 1.29 is 9.59 Å². The Morgan fingerprint density at radius 3 is 2.30 bits per heavy atom. The highest BCUT2D eigenvalue weighted by Crippen LogP contribution is 2.38. The van der Waals surface area contributed by atoms with Crippen molar-refractivity contribution in [3.8, 4) is 0 Å². The van der Waals surface area contributed by atoms with Crippen molar-refractivity contribution in [1.29, 1.82) is 0 Å². The number of nitrogens with one attached hydrogen (secondary N) is 1. The molecule has 1 heterocycles. The van der Waals surface area contributed by atoms with E-state index in [9.17, 15) is 9.59 Å². The van der Waals surface area contributed by atoms with Crippen LogP contribution in [-0.2, 0) is 9.59 Å². The summed E-state index contributed by atoms with van der Waals surface area (Å²) < 4.78 is 0. The molecule has 1 fully saturated rings. The normalized spacial score (nSPS) is 22.5. The second kappa shape index (κ2) is 9.19. The first-order chi connectivity index (χ1) is 14.1. The lowest BCUT2D eigenvalue weighted by Crippen LogP contribution is -2.53. The van der Waals surface area contributed by atoms with Crippen molar-refractivity contribution >= 4 is 23.4 Å². The first-order valence-electron chi connectivity index (χ1n) is 10.3. The number of nitrogens with zero attached hydrogens (tertiary/aromatic N) is 1. The summed E-state index contributed by atoms with van der Waals surface area (Å²) in [5, 5.41) is 2.07. The minimum Gasteiger partial charge on any atom is -0.320 e. The van der Waals surface area contributed by atoms with E-state index in [2.05, 4.69) is 17.6 Å². The van der Waals surface area contributed by atoms with Crippen LogP contribution in [0.5, 0.6) is 0 Å². The van der Waals surface area contributed by atoms with Crippen LogP contribution in [0.25, 0.3) is 0 Å². The third-order valence-corrected chi connectivity index (χ3v) is 5.63. The minimum atomic E-state index is -0.692. The molecule has 5 nitrogen and oxygen atoms in total. The third kappa shape index (κ3) is 5.61. The van der Waals surface area contributed by atoms with Gasteiger partial charge < -0.3 is 5.73 Å². The number of carbonyl (C=O) groups is 2. The lowest BCUT2D eigenvalue weighted by atomic mass is 9.86. The number of halogens is 1. The van der Waals surface area contributed by atoms with Gasteiger partial charge in [-0.25, -0.2) is 5.01 Å². The molecule has 1 unspecified atom stereocenters. The van der Waals surface area contributed by atoms with Gasteiger partial charge in [0.25, 0.3) is 5.91 Å². The third-order valence-electron chi connectivity index (χ3n) is 5.37. The Morgan fingerprint density at radius 2 is 1.70 bits per heavy atom. The standard InChI is InChI=1S/C24H30ClN3O2/c1-24(2,3)15-22(29)27-28-21(17-9-11-19(25)12-10-17)14-18(13-20(26)23(28)30)16-7-5-4-6-8-16/h4-12,18,20-21H,13-15,26H2,1-3H3,(H,27,29)/t18-,20+,21?/m0/s1. The van der Waals surface area contributed by atoms with Gasteiger partial charge in [-0.1, -0.05) is 74.8 Å². The highest BCUT2D eigenvalue weighted by molar-refractivity contribution is 6.30. The summed E-state index contributed by atoms with van der Waals surface area (Å²) in [5.74, 6) is -0.369. The molecule has 0 aliphatic carbocycles. The molecule has 3 N–H and O–H groups in total. The van der Waals surface area contributed by atoms with E-state index in [1.54, 1.807) is 12.1 Å². The molecule has 1 saturated heterocycles. The fraction of sp³-hybridized carbons (Fsp3) is 0.417. The summed E-state index contributed by atoms with van der Waals surface area (Å²) in [4.78, 5) is 25.9. The lowest BCUT2D eigenvalue weighted by molar-refractivity contribution is -0.145. The van der Waals surface area contributed by atoms with E-state index in [4.69, 9.17) is 17.3 Å². The van der Waals surface area contributed by atoms with E-state index in [0.29, 0.717) is 24.3 Å². The van der Waals surface area contributed by atoms with Crippen LogP contribution >= 0.6 is 11.6 Å². The van der Waals surface area contributed by atoms with Gasteiger partial charge in [0.1, 0.15) is 0 Å². The smallest absolute Gasteiger partial charge is 0.258 e. The highest BCUT2D eigenvalue weighted by atomic mass is 35.5. The average molecular weight is 428 g/mol. The largest absolute Gasteiger partial charge is 0.320 e. The van der Waals surface area contributed by atoms with Crippen molar-refractivity contribution in [2.75, 3.05) is 0 Å². The molecule has 3 atom stereocenters. The van der Waals surface area contributed by atoms with Gasteiger partial charge in [0, 0.05) is 11.4 Å². The quantitative estimate of drug-likeness (QED) is 0.749. The first-order valence-corrected chi connectivity index (χ1v) is 10.7. The van der Waals surface area contributed by atoms with E-state index < -0.39 is 6.04 Å². The Morgan fingerprint density at radius 1 is 1.07 bits per heavy atom. The molecule has 0 saturated carbocycles. The first kappa shape index (κ1) is 22.3. The molecule has 1 aliphatic heterocycles. The molecular formula is C24H30ClN3O2. The fourth-order valence-electron chi connectivity index (χ4n) is 3.97. The minimum absolute atomic E-state index is 0.0929. The molecule has 0 aromatic heterocycles. The summed E-state index contributed by atoms with van der Waals surface area (Å²) in [5.41, 5.74) is 11.0. The molecule has 3 rings (SSSR count). The van der Waals surface area contributed by atoms with Gasteiger partial charge >= 0.3 is 0 Å². The van der Waals surface area contributed by atoms with E-state index in [-0.39, 0.29) is 29.2 Å². The van der Waals surface area contributed by atoms with Crippen LogP contribution in [0.15, 0.2) is 54.6 Å². The number of hydrogen-bond acceptors (Lipinski definition) is 3. The van der Waals surface area contributed by atoms with E-state index in [1.165, 1.54) is 5.01 Å². The van der Waals surface area contributed by atoms with Gasteiger partial charge in [0.15, 0.2) is 0 Å². The molecule has 2 amide bonds. The Labute approximate surface area is 183 Å². The maximum atomic E-state index is 13.2. The molecule has 2 aromatic rings. The molecule has 0 bridgehead atoms. The zero-order valence-corrected chi connectivity index (χ0v) is 18.5. The van der Waals surface area contributed by atoms with Crippen LogP contribution in [0.3, 0.4) is 0 Å². The number of hydrazine groups is 1. The number of carbonyl (C=O) groups excluding carboxylic acids is 2. The summed E-state index contributed by atoms with van der Waals surface area (Å²) in [6.07, 6.45) is 1.49. The van der Waals surface area contributed by atoms with Crippen molar-refractivity contribution in [2.24, 2.45) is 11.1 Å². The van der Waals surface area contributed by atoms with Crippen molar-refractivity contribution in [3.63, 3.8) is 0 Å². The van der Waals surface area contributed by atoms with Crippen LogP contribution < -0.4 is 11.2 Å². The van der Waals surface area contributed by atoms with Crippen LogP contribution in [0.2, 0.25) is 5.02 Å². The van der Waals surface area contributed by atoms with Crippen LogP contribution in [-0.4, -0.2) is 22.9 Å². The topological polar surface area (TPSA) is 75.4 Å². The van der Waals surface area contributed by atoms with Crippen molar-refractivity contribution in [1.82, 2.24) is 10.4 Å². The molecule has 2 aromatic carbocycles. The number of rotatable bonds is 4.